The Balaban J connectivity index is 4.29. The van der Waals surface area contributed by atoms with Crippen LogP contribution < -0.4 is 0 Å². The van der Waals surface area contributed by atoms with Gasteiger partial charge in [-0.05, 0) is 17.4 Å². The van der Waals surface area contributed by atoms with E-state index >= 15 is 0 Å². The summed E-state index contributed by atoms with van der Waals surface area (Å²) in [6.07, 6.45) is -1.32. The van der Waals surface area contributed by atoms with Gasteiger partial charge in [-0.15, -0.1) is 0 Å². The summed E-state index contributed by atoms with van der Waals surface area (Å²) >= 11 is 6.10. The van der Waals surface area contributed by atoms with Crippen LogP contribution in [0.4, 0.5) is 0 Å². The van der Waals surface area contributed by atoms with Gasteiger partial charge in [0, 0.05) is 6.92 Å². The average molecular weight is 239 g/mol. The van der Waals surface area contributed by atoms with Crippen molar-refractivity contribution in [2.75, 3.05) is 5.75 Å². The summed E-state index contributed by atoms with van der Waals surface area (Å²) in [7, 11) is 0. The molecule has 80 valence electrons. The van der Waals surface area contributed by atoms with Crippen molar-refractivity contribution in [3.8, 4) is 0 Å². The number of ether oxygens (including phenoxy) is 1. The van der Waals surface area contributed by atoms with Crippen molar-refractivity contribution < 1.29 is 19.1 Å². The maximum absolute atomic E-state index is 11.3. The highest BCUT2D eigenvalue weighted by Gasteiger charge is 2.23. The Hall–Kier alpha value is -0.550. The second kappa shape index (κ2) is 6.84. The van der Waals surface area contributed by atoms with Gasteiger partial charge in [0.1, 0.15) is 0 Å². The smallest absolute Gasteiger partial charge is 0.303 e. The third kappa shape index (κ3) is 5.99. The molecule has 0 spiro atoms. The molecule has 0 aromatic heterocycles. The molecule has 4 nitrogen and oxygen atoms in total. The highest BCUT2D eigenvalue weighted by Crippen LogP contribution is 2.12. The first-order chi connectivity index (χ1) is 6.47. The van der Waals surface area contributed by atoms with E-state index < -0.39 is 17.3 Å². The summed E-state index contributed by atoms with van der Waals surface area (Å²) in [6, 6.07) is 0. The number of thioether (sulfide) groups is 1. The van der Waals surface area contributed by atoms with Crippen LogP contribution in [0.25, 0.3) is 0 Å². The van der Waals surface area contributed by atoms with Gasteiger partial charge in [-0.2, -0.15) is 0 Å². The number of halogens is 1. The fourth-order valence-electron chi connectivity index (χ4n) is 0.754. The second-order valence-corrected chi connectivity index (χ2v) is 4.10. The quantitative estimate of drug-likeness (QED) is 0.535. The number of esters is 1. The minimum absolute atomic E-state index is 0.271. The van der Waals surface area contributed by atoms with Crippen molar-refractivity contribution in [1.29, 1.82) is 0 Å². The molecule has 0 aliphatic carbocycles. The van der Waals surface area contributed by atoms with Crippen molar-refractivity contribution in [3.63, 3.8) is 0 Å². The lowest BCUT2D eigenvalue weighted by molar-refractivity contribution is -0.151. The van der Waals surface area contributed by atoms with Crippen molar-refractivity contribution in [2.24, 2.45) is 0 Å². The molecule has 0 amide bonds. The molecule has 0 rings (SSSR count). The Morgan fingerprint density at radius 3 is 2.36 bits per heavy atom. The van der Waals surface area contributed by atoms with E-state index in [1.807, 2.05) is 0 Å². The van der Waals surface area contributed by atoms with Crippen LogP contribution in [0, 0.1) is 0 Å². The number of hydrogen-bond donors (Lipinski definition) is 0. The Morgan fingerprint density at radius 1 is 1.43 bits per heavy atom. The third-order valence-electron chi connectivity index (χ3n) is 1.20. The van der Waals surface area contributed by atoms with Gasteiger partial charge in [0.05, 0.1) is 6.42 Å². The molecule has 0 N–H and O–H groups in total. The number of hydrogen-bond acceptors (Lipinski definition) is 5. The number of carbonyl (C=O) groups excluding carboxylic acids is 3. The molecule has 14 heavy (non-hydrogen) atoms. The Bertz CT molecular complexity index is 225. The first-order valence-corrected chi connectivity index (χ1v) is 5.36. The zero-order valence-corrected chi connectivity index (χ0v) is 9.48. The molecule has 0 aliphatic rings. The van der Waals surface area contributed by atoms with E-state index in [0.717, 1.165) is 11.8 Å². The topological polar surface area (TPSA) is 60.4 Å². The van der Waals surface area contributed by atoms with E-state index in [2.05, 4.69) is 4.74 Å². The summed E-state index contributed by atoms with van der Waals surface area (Å²) in [4.78, 5) is 32.5. The van der Waals surface area contributed by atoms with Crippen molar-refractivity contribution in [2.45, 2.75) is 26.4 Å². The lowest BCUT2D eigenvalue weighted by Gasteiger charge is -2.12. The van der Waals surface area contributed by atoms with Crippen LogP contribution in [0.1, 0.15) is 20.3 Å². The van der Waals surface area contributed by atoms with Gasteiger partial charge < -0.3 is 4.74 Å². The first-order valence-electron chi connectivity index (χ1n) is 3.99. The monoisotopic (exact) mass is 238 g/mol. The van der Waals surface area contributed by atoms with Gasteiger partial charge in [-0.1, -0.05) is 18.7 Å². The van der Waals surface area contributed by atoms with Gasteiger partial charge in [0.15, 0.2) is 6.10 Å². The molecule has 0 bridgehead atoms. The Kier molecular flexibility index (Phi) is 6.57. The van der Waals surface area contributed by atoms with E-state index in [1.54, 1.807) is 6.92 Å². The zero-order chi connectivity index (χ0) is 11.1. The summed E-state index contributed by atoms with van der Waals surface area (Å²) in [5.74, 6) is -0.0365. The summed E-state index contributed by atoms with van der Waals surface area (Å²) in [5, 5.41) is -1.04. The molecule has 0 aromatic carbocycles. The summed E-state index contributed by atoms with van der Waals surface area (Å²) in [6.45, 7) is 2.96. The Morgan fingerprint density at radius 2 is 2.00 bits per heavy atom. The first kappa shape index (κ1) is 13.4. The van der Waals surface area contributed by atoms with Gasteiger partial charge in [-0.3, -0.25) is 14.4 Å². The number of rotatable bonds is 5. The molecule has 0 aliphatic heterocycles. The van der Waals surface area contributed by atoms with Crippen LogP contribution in [0.15, 0.2) is 0 Å². The van der Waals surface area contributed by atoms with Gasteiger partial charge in [0.2, 0.25) is 10.4 Å². The van der Waals surface area contributed by atoms with E-state index in [9.17, 15) is 14.4 Å². The van der Waals surface area contributed by atoms with Crippen molar-refractivity contribution in [1.82, 2.24) is 0 Å². The van der Waals surface area contributed by atoms with E-state index in [1.165, 1.54) is 6.92 Å². The van der Waals surface area contributed by atoms with Gasteiger partial charge in [0.25, 0.3) is 0 Å². The molecule has 1 atom stereocenters. The predicted molar refractivity (Wildman–Crippen MR) is 54.2 cm³/mol. The largest absolute Gasteiger partial charge is 0.453 e. The second-order valence-electron chi connectivity index (χ2n) is 2.41. The molecule has 0 radical (unpaired) electrons. The molecule has 0 saturated carbocycles. The van der Waals surface area contributed by atoms with Crippen molar-refractivity contribution in [3.05, 3.63) is 0 Å². The molecule has 0 heterocycles. The fraction of sp³-hybridized carbons (Fsp3) is 0.625. The Labute approximate surface area is 91.3 Å². The van der Waals surface area contributed by atoms with Crippen LogP contribution in [-0.4, -0.2) is 28.2 Å². The summed E-state index contributed by atoms with van der Waals surface area (Å²) in [5.41, 5.74) is 0. The third-order valence-corrected chi connectivity index (χ3v) is 2.19. The SMILES string of the molecule is CCSC(=O)C(CC(=O)Cl)OC(C)=O. The maximum Gasteiger partial charge on any atom is 0.303 e. The van der Waals surface area contributed by atoms with Crippen LogP contribution in [0.5, 0.6) is 0 Å². The zero-order valence-electron chi connectivity index (χ0n) is 7.91. The molecular weight excluding hydrogens is 228 g/mol. The average Bonchev–Trinajstić information content (AvgIpc) is 2.01. The fourth-order valence-corrected chi connectivity index (χ4v) is 1.50. The highest BCUT2D eigenvalue weighted by atomic mass is 35.5. The van der Waals surface area contributed by atoms with Gasteiger partial charge >= 0.3 is 5.97 Å². The van der Waals surface area contributed by atoms with Crippen LogP contribution >= 0.6 is 23.4 Å². The maximum atomic E-state index is 11.3. The molecule has 1 unspecified atom stereocenters. The van der Waals surface area contributed by atoms with Crippen molar-refractivity contribution >= 4 is 39.7 Å². The van der Waals surface area contributed by atoms with Crippen LogP contribution in [0.2, 0.25) is 0 Å². The standard InChI is InChI=1S/C8H11ClO4S/c1-3-14-8(12)6(4-7(9)11)13-5(2)10/h6H,3-4H2,1-2H3. The molecular formula is C8H11ClO4S. The van der Waals surface area contributed by atoms with E-state index in [4.69, 9.17) is 11.6 Å². The molecule has 0 saturated heterocycles. The lowest BCUT2D eigenvalue weighted by Crippen LogP contribution is -2.26. The minimum atomic E-state index is -1.05. The predicted octanol–water partition coefficient (Wildman–Crippen LogP) is 1.35. The number of carbonyl (C=O) groups is 3. The summed E-state index contributed by atoms with van der Waals surface area (Å²) < 4.78 is 4.66. The van der Waals surface area contributed by atoms with E-state index in [0.29, 0.717) is 5.75 Å². The normalized spacial score (nSPS) is 11.9. The molecule has 0 aromatic rings. The lowest BCUT2D eigenvalue weighted by atomic mass is 10.3. The molecule has 6 heteroatoms. The highest BCUT2D eigenvalue weighted by molar-refractivity contribution is 8.13. The van der Waals surface area contributed by atoms with Gasteiger partial charge in [-0.25, -0.2) is 0 Å². The minimum Gasteiger partial charge on any atom is -0.453 e. The molecule has 0 fully saturated rings. The van der Waals surface area contributed by atoms with Crippen LogP contribution in [0.3, 0.4) is 0 Å². The van der Waals surface area contributed by atoms with Crippen LogP contribution in [-0.2, 0) is 19.1 Å². The van der Waals surface area contributed by atoms with E-state index in [-0.39, 0.29) is 11.5 Å².